The van der Waals surface area contributed by atoms with Crippen LogP contribution in [0, 0.1) is 6.92 Å². The molecule has 0 aliphatic heterocycles. The summed E-state index contributed by atoms with van der Waals surface area (Å²) in [6, 6.07) is 3.80. The quantitative estimate of drug-likeness (QED) is 0.771. The van der Waals surface area contributed by atoms with Gasteiger partial charge in [0.05, 0.1) is 26.2 Å². The van der Waals surface area contributed by atoms with Gasteiger partial charge in [0.2, 0.25) is 0 Å². The monoisotopic (exact) mass is 252 g/mol. The standard InChI is InChI=1S/C14H20O4/c1-9-4-11(6-10(2)16)13(8-15)12(5-9)7-14(17)18-3/h4-5,10,15-16H,6-8H2,1-3H3. The van der Waals surface area contributed by atoms with Gasteiger partial charge < -0.3 is 14.9 Å². The van der Waals surface area contributed by atoms with Gasteiger partial charge in [-0.3, -0.25) is 4.79 Å². The van der Waals surface area contributed by atoms with Gasteiger partial charge in [-0.1, -0.05) is 17.7 Å². The van der Waals surface area contributed by atoms with Crippen molar-refractivity contribution in [1.82, 2.24) is 0 Å². The molecular formula is C14H20O4. The second kappa shape index (κ2) is 6.52. The Morgan fingerprint density at radius 3 is 2.50 bits per heavy atom. The molecule has 4 nitrogen and oxygen atoms in total. The molecule has 0 saturated heterocycles. The van der Waals surface area contributed by atoms with E-state index in [2.05, 4.69) is 4.74 Å². The number of carbonyl (C=O) groups is 1. The van der Waals surface area contributed by atoms with Crippen molar-refractivity contribution in [3.05, 3.63) is 34.4 Å². The van der Waals surface area contributed by atoms with Crippen molar-refractivity contribution >= 4 is 5.97 Å². The lowest BCUT2D eigenvalue weighted by Crippen LogP contribution is -2.12. The highest BCUT2D eigenvalue weighted by Crippen LogP contribution is 2.20. The number of benzene rings is 1. The second-order valence-electron chi connectivity index (χ2n) is 4.53. The number of aryl methyl sites for hydroxylation is 1. The lowest BCUT2D eigenvalue weighted by Gasteiger charge is -2.15. The molecule has 0 aliphatic carbocycles. The SMILES string of the molecule is COC(=O)Cc1cc(C)cc(CC(C)O)c1CO. The van der Waals surface area contributed by atoms with Crippen LogP contribution in [0.2, 0.25) is 0 Å². The summed E-state index contributed by atoms with van der Waals surface area (Å²) in [6.45, 7) is 3.48. The van der Waals surface area contributed by atoms with Crippen LogP contribution < -0.4 is 0 Å². The van der Waals surface area contributed by atoms with Crippen molar-refractivity contribution in [2.75, 3.05) is 7.11 Å². The molecule has 1 rings (SSSR count). The minimum Gasteiger partial charge on any atom is -0.469 e. The van der Waals surface area contributed by atoms with Gasteiger partial charge in [-0.25, -0.2) is 0 Å². The molecule has 0 heterocycles. The number of ether oxygens (including phenoxy) is 1. The highest BCUT2D eigenvalue weighted by atomic mass is 16.5. The Hall–Kier alpha value is -1.39. The van der Waals surface area contributed by atoms with Crippen LogP contribution in [0.4, 0.5) is 0 Å². The molecular weight excluding hydrogens is 232 g/mol. The summed E-state index contributed by atoms with van der Waals surface area (Å²) >= 11 is 0. The van der Waals surface area contributed by atoms with Gasteiger partial charge in [0.15, 0.2) is 0 Å². The molecule has 4 heteroatoms. The van der Waals surface area contributed by atoms with Crippen LogP contribution >= 0.6 is 0 Å². The fraction of sp³-hybridized carbons (Fsp3) is 0.500. The van der Waals surface area contributed by atoms with E-state index in [1.807, 2.05) is 19.1 Å². The van der Waals surface area contributed by atoms with E-state index in [9.17, 15) is 15.0 Å². The van der Waals surface area contributed by atoms with E-state index in [4.69, 9.17) is 0 Å². The first kappa shape index (κ1) is 14.7. The predicted molar refractivity (Wildman–Crippen MR) is 68.2 cm³/mol. The number of hydrogen-bond acceptors (Lipinski definition) is 4. The van der Waals surface area contributed by atoms with E-state index < -0.39 is 6.10 Å². The fourth-order valence-electron chi connectivity index (χ4n) is 2.06. The first-order valence-corrected chi connectivity index (χ1v) is 5.95. The van der Waals surface area contributed by atoms with Crippen LogP contribution in [-0.2, 0) is 29.0 Å². The molecule has 0 aromatic heterocycles. The maximum atomic E-state index is 11.3. The van der Waals surface area contributed by atoms with Gasteiger partial charge in [-0.05, 0) is 37.0 Å². The lowest BCUT2D eigenvalue weighted by molar-refractivity contribution is -0.139. The van der Waals surface area contributed by atoms with Crippen molar-refractivity contribution in [3.8, 4) is 0 Å². The molecule has 0 amide bonds. The van der Waals surface area contributed by atoms with E-state index in [1.54, 1.807) is 6.92 Å². The molecule has 0 radical (unpaired) electrons. The Morgan fingerprint density at radius 2 is 2.00 bits per heavy atom. The zero-order valence-corrected chi connectivity index (χ0v) is 11.1. The van der Waals surface area contributed by atoms with Crippen LogP contribution in [0.15, 0.2) is 12.1 Å². The topological polar surface area (TPSA) is 66.8 Å². The van der Waals surface area contributed by atoms with E-state index in [-0.39, 0.29) is 19.0 Å². The molecule has 2 N–H and O–H groups in total. The molecule has 1 aromatic carbocycles. The number of aliphatic hydroxyl groups is 2. The molecule has 0 fully saturated rings. The van der Waals surface area contributed by atoms with Crippen LogP contribution in [0.1, 0.15) is 29.2 Å². The zero-order valence-electron chi connectivity index (χ0n) is 11.1. The summed E-state index contributed by atoms with van der Waals surface area (Å²) in [5.41, 5.74) is 3.36. The van der Waals surface area contributed by atoms with Crippen molar-refractivity contribution in [2.45, 2.75) is 39.4 Å². The molecule has 100 valence electrons. The summed E-state index contributed by atoms with van der Waals surface area (Å²) in [7, 11) is 1.34. The fourth-order valence-corrected chi connectivity index (χ4v) is 2.06. The van der Waals surface area contributed by atoms with Crippen molar-refractivity contribution in [2.24, 2.45) is 0 Å². The molecule has 18 heavy (non-hydrogen) atoms. The molecule has 0 bridgehead atoms. The van der Waals surface area contributed by atoms with Crippen molar-refractivity contribution in [1.29, 1.82) is 0 Å². The Kier molecular flexibility index (Phi) is 5.31. The third kappa shape index (κ3) is 3.82. The first-order chi connectivity index (χ1) is 8.47. The van der Waals surface area contributed by atoms with Crippen molar-refractivity contribution in [3.63, 3.8) is 0 Å². The van der Waals surface area contributed by atoms with Gasteiger partial charge in [0, 0.05) is 0 Å². The Labute approximate surface area is 107 Å². The third-order valence-corrected chi connectivity index (χ3v) is 2.81. The van der Waals surface area contributed by atoms with Gasteiger partial charge in [0.25, 0.3) is 0 Å². The predicted octanol–water partition coefficient (Wildman–Crippen LogP) is 1.13. The van der Waals surface area contributed by atoms with Crippen LogP contribution in [0.25, 0.3) is 0 Å². The average Bonchev–Trinajstić information content (AvgIpc) is 2.27. The number of esters is 1. The number of carbonyl (C=O) groups excluding carboxylic acids is 1. The molecule has 1 unspecified atom stereocenters. The van der Waals surface area contributed by atoms with Gasteiger partial charge in [-0.15, -0.1) is 0 Å². The molecule has 1 atom stereocenters. The number of methoxy groups -OCH3 is 1. The number of rotatable bonds is 5. The number of aliphatic hydroxyl groups excluding tert-OH is 2. The van der Waals surface area contributed by atoms with E-state index in [0.29, 0.717) is 12.0 Å². The Bertz CT molecular complexity index is 424. The number of hydrogen-bond donors (Lipinski definition) is 2. The van der Waals surface area contributed by atoms with Crippen LogP contribution in [0.3, 0.4) is 0 Å². The first-order valence-electron chi connectivity index (χ1n) is 5.95. The average molecular weight is 252 g/mol. The summed E-state index contributed by atoms with van der Waals surface area (Å²) in [5.74, 6) is -0.335. The summed E-state index contributed by atoms with van der Waals surface area (Å²) < 4.78 is 4.64. The largest absolute Gasteiger partial charge is 0.469 e. The van der Waals surface area contributed by atoms with E-state index >= 15 is 0 Å². The Balaban J connectivity index is 3.15. The summed E-state index contributed by atoms with van der Waals surface area (Å²) in [5, 5.41) is 18.9. The summed E-state index contributed by atoms with van der Waals surface area (Å²) in [4.78, 5) is 11.3. The minimum absolute atomic E-state index is 0.140. The highest BCUT2D eigenvalue weighted by molar-refractivity contribution is 5.73. The van der Waals surface area contributed by atoms with Crippen LogP contribution in [-0.4, -0.2) is 29.4 Å². The highest BCUT2D eigenvalue weighted by Gasteiger charge is 2.14. The van der Waals surface area contributed by atoms with Crippen LogP contribution in [0.5, 0.6) is 0 Å². The molecule has 1 aromatic rings. The minimum atomic E-state index is -0.483. The third-order valence-electron chi connectivity index (χ3n) is 2.81. The normalized spacial score (nSPS) is 12.3. The smallest absolute Gasteiger partial charge is 0.309 e. The van der Waals surface area contributed by atoms with Gasteiger partial charge in [0.1, 0.15) is 0 Å². The Morgan fingerprint density at radius 1 is 1.39 bits per heavy atom. The molecule has 0 saturated carbocycles. The summed E-state index contributed by atoms with van der Waals surface area (Å²) in [6.07, 6.45) is 0.121. The maximum absolute atomic E-state index is 11.3. The van der Waals surface area contributed by atoms with E-state index in [1.165, 1.54) is 7.11 Å². The second-order valence-corrected chi connectivity index (χ2v) is 4.53. The van der Waals surface area contributed by atoms with Gasteiger partial charge in [-0.2, -0.15) is 0 Å². The lowest BCUT2D eigenvalue weighted by atomic mass is 9.93. The molecule has 0 spiro atoms. The van der Waals surface area contributed by atoms with Gasteiger partial charge >= 0.3 is 5.97 Å². The van der Waals surface area contributed by atoms with E-state index in [0.717, 1.165) is 16.7 Å². The van der Waals surface area contributed by atoms with Crippen molar-refractivity contribution < 1.29 is 19.7 Å². The molecule has 0 aliphatic rings. The maximum Gasteiger partial charge on any atom is 0.309 e. The zero-order chi connectivity index (χ0) is 13.7.